The SMILES string of the molecule is S=C1c2c(c3ccccc3n2CCCOC2CCCCO2)CCN1Cc1ccccc1. The van der Waals surface area contributed by atoms with E-state index in [2.05, 4.69) is 64.1 Å². The highest BCUT2D eigenvalue weighted by Crippen LogP contribution is 2.32. The van der Waals surface area contributed by atoms with Crippen LogP contribution in [0.5, 0.6) is 0 Å². The quantitative estimate of drug-likeness (QED) is 0.372. The third-order valence-electron chi connectivity index (χ3n) is 6.38. The average Bonchev–Trinajstić information content (AvgIpc) is 3.14. The van der Waals surface area contributed by atoms with Crippen LogP contribution in [0.15, 0.2) is 54.6 Å². The highest BCUT2D eigenvalue weighted by molar-refractivity contribution is 7.80. The predicted molar refractivity (Wildman–Crippen MR) is 128 cm³/mol. The summed E-state index contributed by atoms with van der Waals surface area (Å²) in [6.07, 6.45) is 5.32. The number of rotatable bonds is 7. The normalized spacial score (nSPS) is 19.0. The first-order valence-electron chi connectivity index (χ1n) is 11.5. The Kier molecular flexibility index (Phi) is 6.35. The van der Waals surface area contributed by atoms with E-state index < -0.39 is 0 Å². The molecule has 3 heterocycles. The molecule has 2 aliphatic rings. The summed E-state index contributed by atoms with van der Waals surface area (Å²) in [6, 6.07) is 19.3. The predicted octanol–water partition coefficient (Wildman–Crippen LogP) is 5.31. The van der Waals surface area contributed by atoms with Crippen molar-refractivity contribution >= 4 is 28.1 Å². The van der Waals surface area contributed by atoms with Gasteiger partial charge in [0.2, 0.25) is 0 Å². The number of benzene rings is 2. The number of nitrogens with zero attached hydrogens (tertiary/aromatic N) is 2. The van der Waals surface area contributed by atoms with Crippen molar-refractivity contribution in [3.05, 3.63) is 71.4 Å². The molecule has 1 atom stereocenters. The molecule has 0 saturated carbocycles. The number of fused-ring (bicyclic) bond motifs is 3. The molecule has 1 aromatic heterocycles. The fourth-order valence-electron chi connectivity index (χ4n) is 4.84. The van der Waals surface area contributed by atoms with Gasteiger partial charge in [0.1, 0.15) is 4.99 Å². The number of para-hydroxylation sites is 1. The van der Waals surface area contributed by atoms with Gasteiger partial charge >= 0.3 is 0 Å². The van der Waals surface area contributed by atoms with Crippen molar-refractivity contribution in [1.82, 2.24) is 9.47 Å². The van der Waals surface area contributed by atoms with Crippen LogP contribution in [-0.4, -0.2) is 40.5 Å². The second-order valence-corrected chi connectivity index (χ2v) is 8.87. The molecule has 2 aromatic carbocycles. The minimum absolute atomic E-state index is 0.0217. The first-order chi connectivity index (χ1) is 15.3. The van der Waals surface area contributed by atoms with Crippen LogP contribution < -0.4 is 0 Å². The Bertz CT molecular complexity index is 1040. The Labute approximate surface area is 189 Å². The van der Waals surface area contributed by atoms with E-state index in [1.165, 1.54) is 34.1 Å². The van der Waals surface area contributed by atoms with Crippen molar-refractivity contribution in [1.29, 1.82) is 0 Å². The number of aromatic nitrogens is 1. The van der Waals surface area contributed by atoms with Crippen molar-refractivity contribution < 1.29 is 9.47 Å². The van der Waals surface area contributed by atoms with Crippen LogP contribution in [0.4, 0.5) is 0 Å². The van der Waals surface area contributed by atoms with Crippen LogP contribution in [0.25, 0.3) is 10.9 Å². The molecule has 0 radical (unpaired) electrons. The molecule has 0 spiro atoms. The van der Waals surface area contributed by atoms with Gasteiger partial charge in [-0.25, -0.2) is 0 Å². The van der Waals surface area contributed by atoms with Crippen LogP contribution >= 0.6 is 12.2 Å². The van der Waals surface area contributed by atoms with Gasteiger partial charge in [-0.2, -0.15) is 0 Å². The Morgan fingerprint density at radius 3 is 2.71 bits per heavy atom. The molecular formula is C26H30N2O2S. The Hall–Kier alpha value is -2.21. The van der Waals surface area contributed by atoms with Crippen molar-refractivity contribution in [3.63, 3.8) is 0 Å². The third-order valence-corrected chi connectivity index (χ3v) is 6.83. The fraction of sp³-hybridized carbons (Fsp3) is 0.423. The van der Waals surface area contributed by atoms with E-state index in [0.29, 0.717) is 6.61 Å². The van der Waals surface area contributed by atoms with E-state index in [0.717, 1.165) is 56.9 Å². The van der Waals surface area contributed by atoms with Gasteiger partial charge in [0.15, 0.2) is 6.29 Å². The molecule has 162 valence electrons. The fourth-order valence-corrected chi connectivity index (χ4v) is 5.23. The van der Waals surface area contributed by atoms with Crippen LogP contribution in [0.2, 0.25) is 0 Å². The second-order valence-electron chi connectivity index (χ2n) is 8.48. The zero-order chi connectivity index (χ0) is 21.0. The van der Waals surface area contributed by atoms with Gasteiger partial charge in [0.25, 0.3) is 0 Å². The Balaban J connectivity index is 1.35. The van der Waals surface area contributed by atoms with Gasteiger partial charge in [-0.1, -0.05) is 60.7 Å². The molecule has 0 bridgehead atoms. The summed E-state index contributed by atoms with van der Waals surface area (Å²) in [4.78, 5) is 3.33. The first kappa shape index (κ1) is 20.7. The lowest BCUT2D eigenvalue weighted by Crippen LogP contribution is -2.37. The highest BCUT2D eigenvalue weighted by atomic mass is 32.1. The molecule has 0 amide bonds. The molecule has 1 fully saturated rings. The Morgan fingerprint density at radius 1 is 1.03 bits per heavy atom. The number of aryl methyl sites for hydroxylation is 1. The van der Waals surface area contributed by atoms with E-state index in [1.54, 1.807) is 0 Å². The van der Waals surface area contributed by atoms with Crippen molar-refractivity contribution in [2.24, 2.45) is 0 Å². The summed E-state index contributed by atoms with van der Waals surface area (Å²) in [7, 11) is 0. The van der Waals surface area contributed by atoms with Gasteiger partial charge in [-0.3, -0.25) is 0 Å². The molecule has 0 aliphatic carbocycles. The molecule has 2 aliphatic heterocycles. The van der Waals surface area contributed by atoms with Gasteiger partial charge in [0.05, 0.1) is 12.3 Å². The van der Waals surface area contributed by atoms with E-state index >= 15 is 0 Å². The van der Waals surface area contributed by atoms with E-state index in [1.807, 2.05) is 0 Å². The maximum absolute atomic E-state index is 6.04. The van der Waals surface area contributed by atoms with Crippen LogP contribution in [-0.2, 0) is 29.0 Å². The summed E-state index contributed by atoms with van der Waals surface area (Å²) >= 11 is 6.04. The number of hydrogen-bond donors (Lipinski definition) is 0. The Morgan fingerprint density at radius 2 is 1.87 bits per heavy atom. The highest BCUT2D eigenvalue weighted by Gasteiger charge is 2.28. The maximum atomic E-state index is 6.04. The van der Waals surface area contributed by atoms with Gasteiger partial charge in [-0.15, -0.1) is 0 Å². The molecule has 4 nitrogen and oxygen atoms in total. The van der Waals surface area contributed by atoms with E-state index in [-0.39, 0.29) is 6.29 Å². The van der Waals surface area contributed by atoms with Crippen LogP contribution in [0.1, 0.15) is 42.5 Å². The van der Waals surface area contributed by atoms with Crippen molar-refractivity contribution in [2.75, 3.05) is 19.8 Å². The van der Waals surface area contributed by atoms with Crippen LogP contribution in [0.3, 0.4) is 0 Å². The van der Waals surface area contributed by atoms with Gasteiger partial charge < -0.3 is 18.9 Å². The standard InChI is InChI=1S/C26H30N2O2S/c31-26-25-22(14-16-27(26)19-20-9-2-1-3-10-20)21-11-4-5-12-23(21)28(25)15-8-18-30-24-13-6-7-17-29-24/h1-5,9-12,24H,6-8,13-19H2. The average molecular weight is 435 g/mol. The lowest BCUT2D eigenvalue weighted by molar-refractivity contribution is -0.162. The molecule has 1 unspecified atom stereocenters. The first-order valence-corrected chi connectivity index (χ1v) is 11.9. The number of thiocarbonyl (C=S) groups is 1. The molecule has 5 heteroatoms. The van der Waals surface area contributed by atoms with Crippen molar-refractivity contribution in [3.8, 4) is 0 Å². The summed E-state index contributed by atoms with van der Waals surface area (Å²) in [6.45, 7) is 4.28. The topological polar surface area (TPSA) is 26.6 Å². The van der Waals surface area contributed by atoms with E-state index in [9.17, 15) is 0 Å². The molecule has 0 N–H and O–H groups in total. The van der Waals surface area contributed by atoms with Crippen molar-refractivity contribution in [2.45, 2.75) is 51.5 Å². The minimum atomic E-state index is -0.0217. The second kappa shape index (κ2) is 9.51. The summed E-state index contributed by atoms with van der Waals surface area (Å²) in [5.74, 6) is 0. The zero-order valence-corrected chi connectivity index (χ0v) is 18.8. The lowest BCUT2D eigenvalue weighted by Gasteiger charge is -2.31. The largest absolute Gasteiger partial charge is 0.356 e. The van der Waals surface area contributed by atoms with Gasteiger partial charge in [0, 0.05) is 37.1 Å². The molecule has 31 heavy (non-hydrogen) atoms. The molecular weight excluding hydrogens is 404 g/mol. The molecule has 1 saturated heterocycles. The number of hydrogen-bond acceptors (Lipinski definition) is 3. The van der Waals surface area contributed by atoms with Gasteiger partial charge in [-0.05, 0) is 49.3 Å². The summed E-state index contributed by atoms with van der Waals surface area (Å²) < 4.78 is 14.1. The summed E-state index contributed by atoms with van der Waals surface area (Å²) in [5, 5.41) is 1.34. The zero-order valence-electron chi connectivity index (χ0n) is 18.0. The minimum Gasteiger partial charge on any atom is -0.356 e. The monoisotopic (exact) mass is 434 g/mol. The smallest absolute Gasteiger partial charge is 0.157 e. The maximum Gasteiger partial charge on any atom is 0.157 e. The van der Waals surface area contributed by atoms with Crippen LogP contribution in [0, 0.1) is 0 Å². The molecule has 5 rings (SSSR count). The third kappa shape index (κ3) is 4.40. The van der Waals surface area contributed by atoms with E-state index in [4.69, 9.17) is 21.7 Å². The summed E-state index contributed by atoms with van der Waals surface area (Å²) in [5.41, 5.74) is 5.22. The number of ether oxygens (including phenoxy) is 2. The lowest BCUT2D eigenvalue weighted by atomic mass is 10.0. The molecule has 3 aromatic rings.